The molecule has 1 aromatic rings. The van der Waals surface area contributed by atoms with Gasteiger partial charge in [0.05, 0.1) is 30.5 Å². The molecule has 0 aliphatic carbocycles. The minimum atomic E-state index is -1.47. The molecule has 0 bridgehead atoms. The van der Waals surface area contributed by atoms with E-state index >= 15 is 0 Å². The molecule has 0 aromatic heterocycles. The molecule has 4 rings (SSSR count). The number of thiol groups is 1. The number of carbonyl (C=O) groups excluding carboxylic acids is 4. The number of benzene rings is 1. The summed E-state index contributed by atoms with van der Waals surface area (Å²) >= 11 is 9.86. The molecule has 33 heavy (non-hydrogen) atoms. The highest BCUT2D eigenvalue weighted by Gasteiger charge is 2.63. The summed E-state index contributed by atoms with van der Waals surface area (Å²) in [6, 6.07) is 6.72. The second kappa shape index (κ2) is 10.2. The van der Waals surface area contributed by atoms with Crippen molar-refractivity contribution in [3.05, 3.63) is 23.8 Å². The third kappa shape index (κ3) is 4.78. The van der Waals surface area contributed by atoms with Gasteiger partial charge in [0.1, 0.15) is 0 Å². The molecule has 0 saturated carbocycles. The minimum absolute atomic E-state index is 0.0464. The third-order valence-electron chi connectivity index (χ3n) is 5.47. The molecule has 0 radical (unpaired) electrons. The van der Waals surface area contributed by atoms with Crippen molar-refractivity contribution in [2.45, 2.75) is 30.7 Å². The first-order valence-corrected chi connectivity index (χ1v) is 11.8. The molecule has 2 fully saturated rings. The number of amides is 2. The molecule has 12 heteroatoms. The Morgan fingerprint density at radius 2 is 2.00 bits per heavy atom. The quantitative estimate of drug-likeness (QED) is 0.483. The van der Waals surface area contributed by atoms with E-state index in [1.165, 1.54) is 16.8 Å². The van der Waals surface area contributed by atoms with Gasteiger partial charge in [-0.05, 0) is 29.5 Å². The topological polar surface area (TPSA) is 117 Å². The van der Waals surface area contributed by atoms with Crippen molar-refractivity contribution in [2.75, 3.05) is 26.3 Å². The number of alkyl halides is 1. The van der Waals surface area contributed by atoms with E-state index in [4.69, 9.17) is 21.1 Å². The lowest BCUT2D eigenvalue weighted by Gasteiger charge is -2.45. The first kappa shape index (κ1) is 25.2. The lowest BCUT2D eigenvalue weighted by molar-refractivity contribution is -0.156. The van der Waals surface area contributed by atoms with Crippen LogP contribution in [0.2, 0.25) is 0 Å². The van der Waals surface area contributed by atoms with E-state index in [-0.39, 0.29) is 42.6 Å². The Labute approximate surface area is 205 Å². The molecule has 3 heterocycles. The maximum absolute atomic E-state index is 13.1. The number of nitriles is 1. The molecule has 9 nitrogen and oxygen atoms in total. The van der Waals surface area contributed by atoms with E-state index in [1.807, 2.05) is 0 Å². The van der Waals surface area contributed by atoms with Gasteiger partial charge in [0.15, 0.2) is 21.5 Å². The number of nitrogens with zero attached hydrogens (tertiary/aromatic N) is 3. The number of thioether (sulfide) groups is 1. The van der Waals surface area contributed by atoms with Gasteiger partial charge in [-0.2, -0.15) is 5.26 Å². The smallest absolute Gasteiger partial charge is 0.259 e. The fraction of sp³-hybridized carbons (Fsp3) is 0.476. The molecule has 1 unspecified atom stereocenters. The summed E-state index contributed by atoms with van der Waals surface area (Å²) in [6.45, 7) is 1.76. The maximum Gasteiger partial charge on any atom is 0.259 e. The van der Waals surface area contributed by atoms with Crippen LogP contribution < -0.4 is 9.47 Å². The summed E-state index contributed by atoms with van der Waals surface area (Å²) in [7, 11) is 1.51. The van der Waals surface area contributed by atoms with Crippen LogP contribution in [0, 0.1) is 17.2 Å². The summed E-state index contributed by atoms with van der Waals surface area (Å²) in [6.07, 6.45) is 0.577. The summed E-state index contributed by atoms with van der Waals surface area (Å²) in [5.41, 5.74) is 0.655. The zero-order chi connectivity index (χ0) is 24.3. The molecule has 0 spiro atoms. The number of piperazine rings is 1. The van der Waals surface area contributed by atoms with Crippen LogP contribution in [0.4, 0.5) is 0 Å². The van der Waals surface area contributed by atoms with Crippen LogP contribution in [0.15, 0.2) is 18.2 Å². The van der Waals surface area contributed by atoms with Crippen molar-refractivity contribution in [3.63, 3.8) is 0 Å². The second-order valence-electron chi connectivity index (χ2n) is 7.56. The van der Waals surface area contributed by atoms with Gasteiger partial charge in [0.25, 0.3) is 5.91 Å². The Kier molecular flexibility index (Phi) is 7.82. The maximum atomic E-state index is 13.1. The van der Waals surface area contributed by atoms with E-state index < -0.39 is 21.9 Å². The molecule has 3 aliphatic rings. The summed E-state index contributed by atoms with van der Waals surface area (Å²) < 4.78 is 10.7. The van der Waals surface area contributed by atoms with Gasteiger partial charge in [-0.1, -0.05) is 13.0 Å². The fourth-order valence-corrected chi connectivity index (χ4v) is 5.47. The van der Waals surface area contributed by atoms with Crippen molar-refractivity contribution >= 4 is 58.0 Å². The molecule has 0 N–H and O–H groups in total. The molecule has 2 amide bonds. The lowest BCUT2D eigenvalue weighted by Crippen LogP contribution is -2.63. The molecule has 3 atom stereocenters. The highest BCUT2D eigenvalue weighted by atomic mass is 35.5. The summed E-state index contributed by atoms with van der Waals surface area (Å²) in [5.74, 6) is -0.568. The monoisotopic (exact) mass is 511 g/mol. The Balaban J connectivity index is 0.000000555. The number of hydrogen-bond acceptors (Lipinski definition) is 8. The van der Waals surface area contributed by atoms with Crippen molar-refractivity contribution in [1.29, 1.82) is 5.26 Å². The summed E-state index contributed by atoms with van der Waals surface area (Å²) in [4.78, 5) is 49.2. The van der Waals surface area contributed by atoms with Crippen molar-refractivity contribution in [1.82, 2.24) is 9.80 Å². The highest BCUT2D eigenvalue weighted by Crippen LogP contribution is 2.55. The van der Waals surface area contributed by atoms with Gasteiger partial charge in [-0.25, -0.2) is 0 Å². The standard InChI is InChI=1S/C18H16ClN3O5S.C3H6OS/c1-21-8-14(23)22-16(10-2-3-12-13(4-10)27-9-26-12)11(7-20)5-18(22,17(21)25)28-15(24)6-19;1-2-3(4)5/h2-4,11,16H,5-6,8-9H2,1H3;2H2,1H3,(H,4,5)/t11?,16-,18-;/m0./s1. The van der Waals surface area contributed by atoms with Gasteiger partial charge in [0.2, 0.25) is 17.8 Å². The van der Waals surface area contributed by atoms with Crippen LogP contribution >= 0.6 is 36.0 Å². The molecular formula is C21H22ClN3O6S2. The Morgan fingerprint density at radius 3 is 2.61 bits per heavy atom. The summed E-state index contributed by atoms with van der Waals surface area (Å²) in [5, 5.41) is 9.32. The predicted octanol–water partition coefficient (Wildman–Crippen LogP) is 2.35. The van der Waals surface area contributed by atoms with Gasteiger partial charge in [-0.3, -0.25) is 19.2 Å². The van der Waals surface area contributed by atoms with Gasteiger partial charge in [0, 0.05) is 19.9 Å². The van der Waals surface area contributed by atoms with Crippen LogP contribution in [0.5, 0.6) is 11.5 Å². The van der Waals surface area contributed by atoms with Gasteiger partial charge >= 0.3 is 0 Å². The SMILES string of the molecule is CCC(=O)S.CN1CC(=O)N2[C@@H](c3ccc4c(c3)OCO4)C(C#N)C[C@]2(SC(=O)CCl)C1=O. The first-order valence-electron chi connectivity index (χ1n) is 10.0. The van der Waals surface area contributed by atoms with Crippen molar-refractivity contribution in [2.24, 2.45) is 5.92 Å². The van der Waals surface area contributed by atoms with E-state index in [2.05, 4.69) is 18.7 Å². The first-order chi connectivity index (χ1) is 15.7. The van der Waals surface area contributed by atoms with Crippen LogP contribution in [0.3, 0.4) is 0 Å². The van der Waals surface area contributed by atoms with Crippen LogP contribution in [-0.2, 0) is 19.2 Å². The van der Waals surface area contributed by atoms with Gasteiger partial charge in [-0.15, -0.1) is 24.2 Å². The largest absolute Gasteiger partial charge is 0.454 e. The molecule has 176 valence electrons. The Bertz CT molecular complexity index is 1030. The van der Waals surface area contributed by atoms with E-state index in [9.17, 15) is 24.4 Å². The van der Waals surface area contributed by atoms with E-state index in [0.29, 0.717) is 23.5 Å². The number of halogens is 1. The van der Waals surface area contributed by atoms with Crippen LogP contribution in [0.25, 0.3) is 0 Å². The van der Waals surface area contributed by atoms with E-state index in [1.54, 1.807) is 25.1 Å². The average molecular weight is 512 g/mol. The zero-order valence-corrected chi connectivity index (χ0v) is 20.4. The lowest BCUT2D eigenvalue weighted by atomic mass is 9.94. The molecular weight excluding hydrogens is 490 g/mol. The minimum Gasteiger partial charge on any atom is -0.454 e. The van der Waals surface area contributed by atoms with Crippen molar-refractivity contribution in [3.8, 4) is 17.6 Å². The fourth-order valence-electron chi connectivity index (χ4n) is 4.05. The number of hydrogen-bond donors (Lipinski definition) is 1. The van der Waals surface area contributed by atoms with E-state index in [0.717, 1.165) is 11.8 Å². The Morgan fingerprint density at radius 1 is 1.33 bits per heavy atom. The average Bonchev–Trinajstić information content (AvgIpc) is 3.40. The second-order valence-corrected chi connectivity index (χ2v) is 9.66. The molecule has 1 aromatic carbocycles. The predicted molar refractivity (Wildman–Crippen MR) is 124 cm³/mol. The third-order valence-corrected chi connectivity index (χ3v) is 7.43. The highest BCUT2D eigenvalue weighted by molar-refractivity contribution is 8.15. The van der Waals surface area contributed by atoms with Crippen LogP contribution in [-0.4, -0.2) is 63.0 Å². The number of ether oxygens (including phenoxy) is 2. The zero-order valence-electron chi connectivity index (χ0n) is 17.9. The Hall–Kier alpha value is -2.42. The number of rotatable bonds is 4. The molecule has 3 aliphatic heterocycles. The number of carbonyl (C=O) groups is 4. The molecule has 2 saturated heterocycles. The van der Waals surface area contributed by atoms with Crippen LogP contribution in [0.1, 0.15) is 31.4 Å². The normalized spacial score (nSPS) is 25.2. The van der Waals surface area contributed by atoms with Gasteiger partial charge < -0.3 is 19.3 Å². The number of fused-ring (bicyclic) bond motifs is 2. The number of likely N-dealkylation sites (N-methyl/N-ethyl adjacent to an activating group) is 1. The van der Waals surface area contributed by atoms with Crippen molar-refractivity contribution < 1.29 is 28.7 Å².